The van der Waals surface area contributed by atoms with Crippen LogP contribution in [0.25, 0.3) is 11.1 Å². The van der Waals surface area contributed by atoms with Gasteiger partial charge in [-0.05, 0) is 24.5 Å². The lowest BCUT2D eigenvalue weighted by Crippen LogP contribution is -2.16. The van der Waals surface area contributed by atoms with Crippen LogP contribution in [0.2, 0.25) is 0 Å². The van der Waals surface area contributed by atoms with Crippen LogP contribution in [0, 0.1) is 11.3 Å². The van der Waals surface area contributed by atoms with Gasteiger partial charge in [-0.3, -0.25) is 4.98 Å². The predicted octanol–water partition coefficient (Wildman–Crippen LogP) is 2.83. The Kier molecular flexibility index (Phi) is 3.25. The molecule has 0 radical (unpaired) electrons. The maximum absolute atomic E-state index is 9.53. The SMILES string of the molecule is COc1cncc(-c2c(C#N)c(N)nc3c2CCC3(C)C)c1. The zero-order valence-corrected chi connectivity index (χ0v) is 13.0. The van der Waals surface area contributed by atoms with Crippen LogP contribution in [0.1, 0.15) is 37.1 Å². The minimum atomic E-state index is -0.0293. The van der Waals surface area contributed by atoms with Crippen molar-refractivity contribution in [3.05, 3.63) is 35.3 Å². The van der Waals surface area contributed by atoms with E-state index < -0.39 is 0 Å². The molecular weight excluding hydrogens is 276 g/mol. The second kappa shape index (κ2) is 4.99. The molecule has 0 spiro atoms. The lowest BCUT2D eigenvalue weighted by atomic mass is 9.89. The first kappa shape index (κ1) is 14.3. The molecule has 2 heterocycles. The van der Waals surface area contributed by atoms with E-state index in [1.807, 2.05) is 6.07 Å². The molecule has 22 heavy (non-hydrogen) atoms. The van der Waals surface area contributed by atoms with Crippen molar-refractivity contribution in [2.24, 2.45) is 0 Å². The fraction of sp³-hybridized carbons (Fsp3) is 0.353. The normalized spacial score (nSPS) is 15.2. The van der Waals surface area contributed by atoms with E-state index in [1.165, 1.54) is 0 Å². The van der Waals surface area contributed by atoms with Gasteiger partial charge in [-0.25, -0.2) is 4.98 Å². The third-order valence-electron chi connectivity index (χ3n) is 4.32. The van der Waals surface area contributed by atoms with E-state index >= 15 is 0 Å². The van der Waals surface area contributed by atoms with Gasteiger partial charge in [0.2, 0.25) is 0 Å². The van der Waals surface area contributed by atoms with Gasteiger partial charge in [0.25, 0.3) is 0 Å². The Morgan fingerprint density at radius 3 is 2.82 bits per heavy atom. The van der Waals surface area contributed by atoms with Crippen molar-refractivity contribution in [1.29, 1.82) is 5.26 Å². The molecule has 112 valence electrons. The Balaban J connectivity index is 2.33. The summed E-state index contributed by atoms with van der Waals surface area (Å²) in [5.41, 5.74) is 10.2. The van der Waals surface area contributed by atoms with E-state index in [0.29, 0.717) is 11.3 Å². The average molecular weight is 294 g/mol. The Morgan fingerprint density at radius 1 is 1.36 bits per heavy atom. The van der Waals surface area contributed by atoms with Gasteiger partial charge in [-0.2, -0.15) is 5.26 Å². The highest BCUT2D eigenvalue weighted by Gasteiger charge is 2.35. The number of ether oxygens (including phenoxy) is 1. The van der Waals surface area contributed by atoms with Gasteiger partial charge in [0.1, 0.15) is 23.2 Å². The van der Waals surface area contributed by atoms with E-state index in [2.05, 4.69) is 29.9 Å². The summed E-state index contributed by atoms with van der Waals surface area (Å²) in [4.78, 5) is 8.71. The summed E-state index contributed by atoms with van der Waals surface area (Å²) in [6.45, 7) is 4.32. The summed E-state index contributed by atoms with van der Waals surface area (Å²) in [7, 11) is 1.60. The van der Waals surface area contributed by atoms with Crippen molar-refractivity contribution in [3.63, 3.8) is 0 Å². The van der Waals surface area contributed by atoms with Crippen LogP contribution in [0.15, 0.2) is 18.5 Å². The van der Waals surface area contributed by atoms with Crippen molar-refractivity contribution >= 4 is 5.82 Å². The van der Waals surface area contributed by atoms with Crippen LogP contribution in [0.4, 0.5) is 5.82 Å². The largest absolute Gasteiger partial charge is 0.495 e. The van der Waals surface area contributed by atoms with Crippen LogP contribution < -0.4 is 10.5 Å². The van der Waals surface area contributed by atoms with Gasteiger partial charge in [0.15, 0.2) is 0 Å². The minimum absolute atomic E-state index is 0.0293. The monoisotopic (exact) mass is 294 g/mol. The van der Waals surface area contributed by atoms with Gasteiger partial charge < -0.3 is 10.5 Å². The van der Waals surface area contributed by atoms with E-state index in [1.54, 1.807) is 19.5 Å². The number of nitrogens with two attached hydrogens (primary N) is 1. The van der Waals surface area contributed by atoms with Gasteiger partial charge in [0.05, 0.1) is 19.0 Å². The smallest absolute Gasteiger partial charge is 0.142 e. The molecule has 1 aliphatic rings. The Bertz CT molecular complexity index is 790. The second-order valence-corrected chi connectivity index (χ2v) is 6.18. The first-order valence-electron chi connectivity index (χ1n) is 7.20. The highest BCUT2D eigenvalue weighted by atomic mass is 16.5. The quantitative estimate of drug-likeness (QED) is 0.920. The molecule has 0 unspecified atom stereocenters. The summed E-state index contributed by atoms with van der Waals surface area (Å²) in [5, 5.41) is 9.53. The Morgan fingerprint density at radius 2 is 2.14 bits per heavy atom. The first-order valence-corrected chi connectivity index (χ1v) is 7.20. The number of hydrogen-bond donors (Lipinski definition) is 1. The molecule has 0 aliphatic heterocycles. The molecule has 2 N–H and O–H groups in total. The second-order valence-electron chi connectivity index (χ2n) is 6.18. The molecule has 0 fully saturated rings. The maximum atomic E-state index is 9.53. The molecule has 1 aliphatic carbocycles. The Hall–Kier alpha value is -2.61. The number of pyridine rings is 2. The van der Waals surface area contributed by atoms with Crippen LogP contribution in [-0.2, 0) is 11.8 Å². The van der Waals surface area contributed by atoms with E-state index in [4.69, 9.17) is 10.5 Å². The average Bonchev–Trinajstić information content (AvgIpc) is 2.81. The fourth-order valence-corrected chi connectivity index (χ4v) is 3.10. The third kappa shape index (κ3) is 2.08. The molecule has 0 saturated carbocycles. The lowest BCUT2D eigenvalue weighted by Gasteiger charge is -2.20. The highest BCUT2D eigenvalue weighted by Crippen LogP contribution is 2.44. The third-order valence-corrected chi connectivity index (χ3v) is 4.32. The van der Waals surface area contributed by atoms with Crippen molar-refractivity contribution in [1.82, 2.24) is 9.97 Å². The van der Waals surface area contributed by atoms with Crippen molar-refractivity contribution < 1.29 is 4.74 Å². The molecule has 0 amide bonds. The number of nitriles is 1. The Labute approximate surface area is 129 Å². The molecule has 5 nitrogen and oxygen atoms in total. The number of nitrogen functional groups attached to an aromatic ring is 1. The summed E-state index contributed by atoms with van der Waals surface area (Å²) in [6.07, 6.45) is 5.26. The van der Waals surface area contributed by atoms with Crippen molar-refractivity contribution in [2.75, 3.05) is 12.8 Å². The molecule has 0 atom stereocenters. The zero-order valence-electron chi connectivity index (χ0n) is 13.0. The molecule has 0 saturated heterocycles. The summed E-state index contributed by atoms with van der Waals surface area (Å²) in [5.74, 6) is 0.942. The van der Waals surface area contributed by atoms with Gasteiger partial charge >= 0.3 is 0 Å². The van der Waals surface area contributed by atoms with Gasteiger partial charge in [-0.1, -0.05) is 13.8 Å². The number of rotatable bonds is 2. The minimum Gasteiger partial charge on any atom is -0.495 e. The predicted molar refractivity (Wildman–Crippen MR) is 84.5 cm³/mol. The van der Waals surface area contributed by atoms with Gasteiger partial charge in [0, 0.05) is 22.7 Å². The molecular formula is C17H18N4O. The number of aromatic nitrogens is 2. The van der Waals surface area contributed by atoms with Crippen LogP contribution in [-0.4, -0.2) is 17.1 Å². The standard InChI is InChI=1S/C17H18N4O/c1-17(2)5-4-12-14(10-6-11(22-3)9-20-8-10)13(7-18)16(19)21-15(12)17/h6,8-9H,4-5H2,1-3H3,(H2,19,21). The van der Waals surface area contributed by atoms with Crippen molar-refractivity contribution in [3.8, 4) is 22.9 Å². The van der Waals surface area contributed by atoms with Crippen molar-refractivity contribution in [2.45, 2.75) is 32.1 Å². The zero-order chi connectivity index (χ0) is 15.9. The van der Waals surface area contributed by atoms with E-state index in [-0.39, 0.29) is 11.2 Å². The molecule has 2 aromatic heterocycles. The fourth-order valence-electron chi connectivity index (χ4n) is 3.10. The summed E-state index contributed by atoms with van der Waals surface area (Å²) in [6, 6.07) is 4.08. The van der Waals surface area contributed by atoms with Gasteiger partial charge in [-0.15, -0.1) is 0 Å². The van der Waals surface area contributed by atoms with Crippen LogP contribution in [0.5, 0.6) is 5.75 Å². The maximum Gasteiger partial charge on any atom is 0.142 e. The van der Waals surface area contributed by atoms with Crippen LogP contribution >= 0.6 is 0 Å². The summed E-state index contributed by atoms with van der Waals surface area (Å²) >= 11 is 0. The van der Waals surface area contributed by atoms with E-state index in [9.17, 15) is 5.26 Å². The number of hydrogen-bond acceptors (Lipinski definition) is 5. The number of anilines is 1. The molecule has 2 aromatic rings. The number of methoxy groups -OCH3 is 1. The molecule has 0 bridgehead atoms. The highest BCUT2D eigenvalue weighted by molar-refractivity contribution is 5.80. The topological polar surface area (TPSA) is 84.8 Å². The number of nitrogens with zero attached hydrogens (tertiary/aromatic N) is 3. The first-order chi connectivity index (χ1) is 10.5. The molecule has 5 heteroatoms. The molecule has 3 rings (SSSR count). The summed E-state index contributed by atoms with van der Waals surface area (Å²) < 4.78 is 5.25. The van der Waals surface area contributed by atoms with Crippen LogP contribution in [0.3, 0.4) is 0 Å². The molecule has 0 aromatic carbocycles. The van der Waals surface area contributed by atoms with E-state index in [0.717, 1.165) is 35.2 Å². The lowest BCUT2D eigenvalue weighted by molar-refractivity contribution is 0.413. The number of fused-ring (bicyclic) bond motifs is 1.